The van der Waals surface area contributed by atoms with E-state index in [1.807, 2.05) is 87.1 Å². The maximum absolute atomic E-state index is 17.2. The Morgan fingerprint density at radius 2 is 1.80 bits per heavy atom. The number of aliphatic hydroxyl groups excluding tert-OH is 1. The van der Waals surface area contributed by atoms with Crippen molar-refractivity contribution in [2.45, 2.75) is 96.4 Å². The molecule has 9 heterocycles. The minimum Gasteiger partial charge on any atom is -0.508 e. The lowest BCUT2D eigenvalue weighted by Gasteiger charge is -2.54. The first-order valence-electron chi connectivity index (χ1n) is 28.2. The SMILES string of the molecule is CCc1cccc2cc(O)cc(-c3ncc4c(N5CCC6CNC(C6)C5)nc(OCCN5CCC6(CC5)CN(c5cc([C@H](C(=O)N7C[C@H](O)C[C@H]7C(=O)N[C@@H](C)c7ccc(-c8ccnn8C)cc7)C(C)C)on5)C6)nc4c3F)c12. The van der Waals surface area contributed by atoms with Gasteiger partial charge in [-0.2, -0.15) is 15.1 Å². The number of phenolic OH excluding ortho intramolecular Hbond substituents is 1. The highest BCUT2D eigenvalue weighted by atomic mass is 19.1. The van der Waals surface area contributed by atoms with E-state index in [4.69, 9.17) is 24.2 Å². The van der Waals surface area contributed by atoms with Gasteiger partial charge >= 0.3 is 6.01 Å². The molecule has 4 aromatic heterocycles. The molecular formula is C60H71FN12O6. The standard InChI is InChI=1S/C60H71FN12O6/c1-6-38-8-7-9-41-25-43(74)26-45(52(38)41)54-53(61)55-46(30-63-54)56(71-19-15-37-24-42(31-71)62-29-37)67-59(66-55)78-23-22-70-20-16-60(17-21-70)33-72(34-60)50-28-49(79-68-50)51(35(2)3)58(77)73-32-44(75)27-48(73)57(76)65-36(4)39-10-12-40(13-11-39)47-14-18-64-69(47)5/h7-14,18,25-26,28,30,35-37,42,44,48,51,62,74-75H,6,15-17,19-24,27,29,31-34H2,1-5H3,(H,65,76)/t36-,37?,42?,44+,48-,51+/m0/s1. The second-order valence-corrected chi connectivity index (χ2v) is 23.3. The van der Waals surface area contributed by atoms with Crippen molar-refractivity contribution in [3.63, 3.8) is 0 Å². The molecule has 4 N–H and O–H groups in total. The van der Waals surface area contributed by atoms with Crippen molar-refractivity contribution in [2.75, 3.05) is 75.3 Å². The quantitative estimate of drug-likeness (QED) is 0.0791. The summed E-state index contributed by atoms with van der Waals surface area (Å²) in [5.74, 6) is 0.368. The van der Waals surface area contributed by atoms with Gasteiger partial charge in [0.1, 0.15) is 41.3 Å². The molecule has 1 spiro atoms. The van der Waals surface area contributed by atoms with Gasteiger partial charge in [0.15, 0.2) is 17.4 Å². The van der Waals surface area contributed by atoms with Crippen LogP contribution >= 0.6 is 0 Å². The predicted octanol–water partition coefficient (Wildman–Crippen LogP) is 7.39. The number of carbonyl (C=O) groups excluding carboxylic acids is 2. The number of piperidine rings is 1. The number of benzene rings is 3. The average Bonchev–Trinajstić information content (AvgIpc) is 4.39. The van der Waals surface area contributed by atoms with Crippen molar-refractivity contribution < 1.29 is 33.5 Å². The number of rotatable bonds is 15. The Bertz CT molecular complexity index is 3390. The summed E-state index contributed by atoms with van der Waals surface area (Å²) in [4.78, 5) is 51.1. The maximum Gasteiger partial charge on any atom is 0.319 e. The molecule has 12 rings (SSSR count). The molecule has 0 radical (unpaired) electrons. The monoisotopic (exact) mass is 1070 g/mol. The van der Waals surface area contributed by atoms with Crippen LogP contribution in [0.3, 0.4) is 0 Å². The largest absolute Gasteiger partial charge is 0.508 e. The Morgan fingerprint density at radius 3 is 2.56 bits per heavy atom. The lowest BCUT2D eigenvalue weighted by atomic mass is 9.72. The van der Waals surface area contributed by atoms with E-state index >= 15 is 4.39 Å². The molecule has 2 unspecified atom stereocenters. The van der Waals surface area contributed by atoms with Crippen LogP contribution in [0.1, 0.15) is 88.6 Å². The third-order valence-corrected chi connectivity index (χ3v) is 17.6. The van der Waals surface area contributed by atoms with E-state index in [9.17, 15) is 19.8 Å². The van der Waals surface area contributed by atoms with Crippen LogP contribution in [0.5, 0.6) is 11.8 Å². The zero-order valence-corrected chi connectivity index (χ0v) is 45.7. The van der Waals surface area contributed by atoms with Crippen LogP contribution in [-0.2, 0) is 23.1 Å². The van der Waals surface area contributed by atoms with Crippen LogP contribution < -0.4 is 25.2 Å². The number of hydrogen-bond acceptors (Lipinski definition) is 15. The summed E-state index contributed by atoms with van der Waals surface area (Å²) in [6.45, 7) is 14.9. The Balaban J connectivity index is 0.677. The van der Waals surface area contributed by atoms with Crippen molar-refractivity contribution in [3.8, 4) is 34.3 Å². The van der Waals surface area contributed by atoms with E-state index in [2.05, 4.69) is 42.5 Å². The second kappa shape index (κ2) is 21.4. The first-order valence-corrected chi connectivity index (χ1v) is 28.2. The van der Waals surface area contributed by atoms with Gasteiger partial charge in [0, 0.05) is 88.2 Å². The highest BCUT2D eigenvalue weighted by molar-refractivity contribution is 6.02. The van der Waals surface area contributed by atoms with Crippen LogP contribution in [0.15, 0.2) is 83.6 Å². The number of fused-ring (bicyclic) bond motifs is 4. The van der Waals surface area contributed by atoms with Gasteiger partial charge in [-0.25, -0.2) is 4.39 Å². The summed E-state index contributed by atoms with van der Waals surface area (Å²) in [7, 11) is 1.89. The van der Waals surface area contributed by atoms with Crippen molar-refractivity contribution in [1.29, 1.82) is 0 Å². The Hall–Kier alpha value is -7.22. The van der Waals surface area contributed by atoms with Crippen molar-refractivity contribution in [1.82, 2.24) is 50.3 Å². The zero-order chi connectivity index (χ0) is 54.7. The predicted molar refractivity (Wildman–Crippen MR) is 299 cm³/mol. The normalized spacial score (nSPS) is 21.9. The molecule has 5 saturated heterocycles. The molecule has 5 aliphatic heterocycles. The fourth-order valence-corrected chi connectivity index (χ4v) is 13.2. The third kappa shape index (κ3) is 10.2. The van der Waals surface area contributed by atoms with E-state index in [0.29, 0.717) is 53.5 Å². The number of aromatic nitrogens is 6. The molecular weight excluding hydrogens is 1000 g/mol. The van der Waals surface area contributed by atoms with Gasteiger partial charge in [-0.3, -0.25) is 24.2 Å². The molecule has 0 aliphatic carbocycles. The van der Waals surface area contributed by atoms with Gasteiger partial charge in [-0.1, -0.05) is 68.4 Å². The summed E-state index contributed by atoms with van der Waals surface area (Å²) < 4.78 is 31.3. The molecule has 79 heavy (non-hydrogen) atoms. The van der Waals surface area contributed by atoms with Crippen LogP contribution in [-0.4, -0.2) is 145 Å². The van der Waals surface area contributed by atoms with Crippen molar-refractivity contribution in [3.05, 3.63) is 102 Å². The van der Waals surface area contributed by atoms with Crippen LogP contribution in [0.25, 0.3) is 44.2 Å². The number of anilines is 2. The summed E-state index contributed by atoms with van der Waals surface area (Å²) in [5, 5.41) is 39.3. The molecule has 6 atom stereocenters. The average molecular weight is 1080 g/mol. The number of β-amino-alcohol motifs (C(OH)–C–C–N with tert-alkyl or cyclic N) is 1. The Morgan fingerprint density at radius 1 is 0.987 bits per heavy atom. The fraction of sp³-hybridized carbons (Fsp3) is 0.483. The van der Waals surface area contributed by atoms with E-state index in [1.165, 1.54) is 4.90 Å². The summed E-state index contributed by atoms with van der Waals surface area (Å²) in [6, 6.07) is 20.3. The minimum absolute atomic E-state index is 0.0372. The second-order valence-electron chi connectivity index (χ2n) is 23.3. The number of likely N-dealkylation sites (tertiary alicyclic amines) is 2. The van der Waals surface area contributed by atoms with Crippen LogP contribution in [0.2, 0.25) is 0 Å². The number of aromatic hydroxyl groups is 1. The Kier molecular flexibility index (Phi) is 14.2. The number of phenols is 1. The van der Waals surface area contributed by atoms with Gasteiger partial charge < -0.3 is 44.8 Å². The van der Waals surface area contributed by atoms with Gasteiger partial charge in [-0.15, -0.1) is 0 Å². The number of amides is 2. The number of carbonyl (C=O) groups is 2. The van der Waals surface area contributed by atoms with Gasteiger partial charge in [-0.05, 0) is 116 Å². The van der Waals surface area contributed by atoms with Gasteiger partial charge in [0.05, 0.1) is 23.2 Å². The molecule has 7 aromatic rings. The number of halogens is 1. The molecule has 3 aromatic carbocycles. The number of ether oxygens (including phenoxy) is 1. The number of aryl methyl sites for hydroxylation is 2. The van der Waals surface area contributed by atoms with E-state index in [-0.39, 0.29) is 65.1 Å². The smallest absolute Gasteiger partial charge is 0.319 e. The lowest BCUT2D eigenvalue weighted by Crippen LogP contribution is -2.60. The molecule has 19 heteroatoms. The number of aliphatic hydroxyl groups is 1. The highest BCUT2D eigenvalue weighted by Crippen LogP contribution is 2.44. The molecule has 5 aliphatic rings. The first-order chi connectivity index (χ1) is 38.2. The molecule has 0 saturated carbocycles. The minimum atomic E-state index is -0.832. The number of hydrogen-bond donors (Lipinski definition) is 4. The molecule has 2 amide bonds. The lowest BCUT2D eigenvalue weighted by molar-refractivity contribution is -0.141. The Labute approximate surface area is 459 Å². The summed E-state index contributed by atoms with van der Waals surface area (Å²) in [5.41, 5.74) is 4.86. The van der Waals surface area contributed by atoms with Crippen molar-refractivity contribution >= 4 is 45.1 Å². The maximum atomic E-state index is 17.2. The summed E-state index contributed by atoms with van der Waals surface area (Å²) in [6.07, 6.45) is 7.57. The summed E-state index contributed by atoms with van der Waals surface area (Å²) >= 11 is 0. The third-order valence-electron chi connectivity index (χ3n) is 17.6. The molecule has 414 valence electrons. The number of pyridine rings is 1. The van der Waals surface area contributed by atoms with E-state index < -0.39 is 23.9 Å². The van der Waals surface area contributed by atoms with Crippen LogP contribution in [0, 0.1) is 23.1 Å². The molecule has 2 bridgehead atoms. The first kappa shape index (κ1) is 52.5. The number of nitrogens with zero attached hydrogens (tertiary/aromatic N) is 10. The van der Waals surface area contributed by atoms with Crippen LogP contribution in [0.4, 0.5) is 16.0 Å². The van der Waals surface area contributed by atoms with Gasteiger partial charge in [0.2, 0.25) is 11.8 Å². The van der Waals surface area contributed by atoms with E-state index in [0.717, 1.165) is 111 Å². The van der Waals surface area contributed by atoms with Gasteiger partial charge in [0.25, 0.3) is 0 Å². The highest BCUT2D eigenvalue weighted by Gasteiger charge is 2.47. The number of nitrogens with one attached hydrogen (secondary N) is 2. The fourth-order valence-electron chi connectivity index (χ4n) is 13.2. The van der Waals surface area contributed by atoms with Crippen molar-refractivity contribution in [2.24, 2.45) is 24.3 Å². The molecule has 18 nitrogen and oxygen atoms in total. The molecule has 5 fully saturated rings. The zero-order valence-electron chi connectivity index (χ0n) is 45.7. The van der Waals surface area contributed by atoms with E-state index in [1.54, 1.807) is 24.5 Å². The topological polar surface area (TPSA) is 203 Å².